The first-order valence-electron chi connectivity index (χ1n) is 10.3. The maximum Gasteiger partial charge on any atom is 0.417 e. The van der Waals surface area contributed by atoms with Crippen molar-refractivity contribution in [3.63, 3.8) is 0 Å². The lowest BCUT2D eigenvalue weighted by molar-refractivity contribution is -0.137. The number of ether oxygens (including phenoxy) is 1. The van der Waals surface area contributed by atoms with Crippen LogP contribution in [0.1, 0.15) is 24.1 Å². The third kappa shape index (κ3) is 6.07. The van der Waals surface area contributed by atoms with Gasteiger partial charge in [-0.1, -0.05) is 48.0 Å². The van der Waals surface area contributed by atoms with E-state index in [4.69, 9.17) is 16.3 Å². The van der Waals surface area contributed by atoms with E-state index in [1.165, 1.54) is 31.4 Å². The minimum absolute atomic E-state index is 0.186. The lowest BCUT2D eigenvalue weighted by atomic mass is 10.1. The zero-order valence-electron chi connectivity index (χ0n) is 18.7. The van der Waals surface area contributed by atoms with Gasteiger partial charge in [0, 0.05) is 5.56 Å². The van der Waals surface area contributed by atoms with Gasteiger partial charge in [0.1, 0.15) is 12.3 Å². The van der Waals surface area contributed by atoms with E-state index in [0.717, 1.165) is 12.1 Å². The molecule has 3 rings (SSSR count). The largest absolute Gasteiger partial charge is 0.496 e. The number of nitrogens with zero attached hydrogens (tertiary/aromatic N) is 1. The van der Waals surface area contributed by atoms with Crippen LogP contribution in [0.5, 0.6) is 5.75 Å². The van der Waals surface area contributed by atoms with Gasteiger partial charge in [-0.05, 0) is 43.3 Å². The summed E-state index contributed by atoms with van der Waals surface area (Å²) in [5, 5.41) is 2.09. The molecule has 11 heteroatoms. The number of benzene rings is 3. The number of nitrogens with one attached hydrogen (secondary N) is 1. The molecule has 186 valence electrons. The number of alkyl halides is 3. The van der Waals surface area contributed by atoms with Crippen LogP contribution in [0.4, 0.5) is 18.9 Å². The molecule has 1 atom stereocenters. The molecule has 0 heterocycles. The quantitative estimate of drug-likeness (QED) is 0.424. The van der Waals surface area contributed by atoms with Crippen LogP contribution < -0.4 is 14.4 Å². The van der Waals surface area contributed by atoms with Crippen molar-refractivity contribution < 1.29 is 31.1 Å². The Labute approximate surface area is 206 Å². The van der Waals surface area contributed by atoms with E-state index >= 15 is 0 Å². The van der Waals surface area contributed by atoms with Gasteiger partial charge in [0.15, 0.2) is 0 Å². The maximum absolute atomic E-state index is 13.5. The Balaban J connectivity index is 1.99. The van der Waals surface area contributed by atoms with Crippen LogP contribution in [-0.2, 0) is 21.0 Å². The number of amides is 1. The average Bonchev–Trinajstić information content (AvgIpc) is 2.82. The maximum atomic E-state index is 13.5. The third-order valence-electron chi connectivity index (χ3n) is 5.14. The minimum Gasteiger partial charge on any atom is -0.496 e. The van der Waals surface area contributed by atoms with E-state index < -0.39 is 45.3 Å². The van der Waals surface area contributed by atoms with E-state index in [2.05, 4.69) is 5.32 Å². The van der Waals surface area contributed by atoms with Crippen LogP contribution in [0, 0.1) is 0 Å². The molecule has 0 aliphatic carbocycles. The molecule has 0 spiro atoms. The molecule has 6 nitrogen and oxygen atoms in total. The molecule has 35 heavy (non-hydrogen) atoms. The third-order valence-corrected chi connectivity index (χ3v) is 7.26. The molecule has 0 saturated carbocycles. The Kier molecular flexibility index (Phi) is 7.97. The molecule has 0 aromatic heterocycles. The highest BCUT2D eigenvalue weighted by atomic mass is 35.5. The summed E-state index contributed by atoms with van der Waals surface area (Å²) in [5.41, 5.74) is -0.926. The van der Waals surface area contributed by atoms with Gasteiger partial charge in [0.2, 0.25) is 5.91 Å². The van der Waals surface area contributed by atoms with Crippen LogP contribution in [-0.4, -0.2) is 28.0 Å². The van der Waals surface area contributed by atoms with Crippen molar-refractivity contribution in [2.24, 2.45) is 0 Å². The normalized spacial score (nSPS) is 12.6. The number of carbonyl (C=O) groups excluding carboxylic acids is 1. The highest BCUT2D eigenvalue weighted by molar-refractivity contribution is 7.92. The molecule has 0 aliphatic heterocycles. The fourth-order valence-corrected chi connectivity index (χ4v) is 5.10. The fraction of sp³-hybridized carbons (Fsp3) is 0.208. The van der Waals surface area contributed by atoms with Crippen molar-refractivity contribution in [1.29, 1.82) is 0 Å². The Morgan fingerprint density at radius 2 is 1.69 bits per heavy atom. The minimum atomic E-state index is -4.82. The summed E-state index contributed by atoms with van der Waals surface area (Å²) in [6, 6.07) is 16.2. The first-order chi connectivity index (χ1) is 16.4. The molecule has 0 aliphatic rings. The summed E-state index contributed by atoms with van der Waals surface area (Å²) in [4.78, 5) is 12.7. The highest BCUT2D eigenvalue weighted by Gasteiger charge is 2.35. The SMILES string of the molecule is COc1ccccc1[C@@H](C)NC(=O)CN(c1ccc(Cl)c(C(F)(F)F)c1)S(=O)(=O)c1ccccc1. The number of hydrogen-bond donors (Lipinski definition) is 1. The number of carbonyl (C=O) groups is 1. The summed E-state index contributed by atoms with van der Waals surface area (Å²) in [5.74, 6) is -0.215. The molecule has 0 unspecified atom stereocenters. The van der Waals surface area contributed by atoms with Crippen LogP contribution >= 0.6 is 11.6 Å². The van der Waals surface area contributed by atoms with E-state index in [0.29, 0.717) is 21.7 Å². The van der Waals surface area contributed by atoms with Crippen molar-refractivity contribution >= 4 is 33.2 Å². The molecule has 0 fully saturated rings. The molecule has 3 aromatic rings. The standard InChI is InChI=1S/C24H22ClF3N2O4S/c1-16(19-10-6-7-11-22(19)34-2)29-23(31)15-30(35(32,33)18-8-4-3-5-9-18)17-12-13-21(25)20(14-17)24(26,27)28/h3-14,16H,15H2,1-2H3,(H,29,31)/t16-/m1/s1. The lowest BCUT2D eigenvalue weighted by Crippen LogP contribution is -2.41. The van der Waals surface area contributed by atoms with Crippen LogP contribution in [0.15, 0.2) is 77.7 Å². The second-order valence-corrected chi connectivity index (χ2v) is 9.79. The van der Waals surface area contributed by atoms with Crippen LogP contribution in [0.3, 0.4) is 0 Å². The van der Waals surface area contributed by atoms with Gasteiger partial charge in [0.05, 0.1) is 34.3 Å². The van der Waals surface area contributed by atoms with E-state index in [9.17, 15) is 26.4 Å². The molecule has 0 bridgehead atoms. The van der Waals surface area contributed by atoms with Crippen molar-refractivity contribution in [1.82, 2.24) is 5.32 Å². The fourth-order valence-electron chi connectivity index (χ4n) is 3.44. The Bertz CT molecular complexity index is 1300. The first kappa shape index (κ1) is 26.4. The van der Waals surface area contributed by atoms with Gasteiger partial charge in [-0.25, -0.2) is 8.42 Å². The summed E-state index contributed by atoms with van der Waals surface area (Å²) >= 11 is 5.71. The summed E-state index contributed by atoms with van der Waals surface area (Å²) in [6.07, 6.45) is -4.82. The van der Waals surface area contributed by atoms with Gasteiger partial charge < -0.3 is 10.1 Å². The highest BCUT2D eigenvalue weighted by Crippen LogP contribution is 2.38. The lowest BCUT2D eigenvalue weighted by Gasteiger charge is -2.26. The topological polar surface area (TPSA) is 75.7 Å². The molecule has 0 saturated heterocycles. The Hall–Kier alpha value is -3.24. The zero-order chi connectivity index (χ0) is 25.8. The number of halogens is 4. The van der Waals surface area contributed by atoms with Crippen molar-refractivity contribution in [3.8, 4) is 5.75 Å². The number of para-hydroxylation sites is 1. The smallest absolute Gasteiger partial charge is 0.417 e. The zero-order valence-corrected chi connectivity index (χ0v) is 20.3. The second kappa shape index (κ2) is 10.6. The summed E-state index contributed by atoms with van der Waals surface area (Å²) in [7, 11) is -2.93. The monoisotopic (exact) mass is 526 g/mol. The molecule has 3 aromatic carbocycles. The van der Waals surface area contributed by atoms with Crippen molar-refractivity contribution in [2.75, 3.05) is 18.0 Å². The van der Waals surface area contributed by atoms with Gasteiger partial charge in [-0.15, -0.1) is 0 Å². The molecule has 1 amide bonds. The number of methoxy groups -OCH3 is 1. The van der Waals surface area contributed by atoms with E-state index in [-0.39, 0.29) is 10.6 Å². The van der Waals surface area contributed by atoms with Gasteiger partial charge >= 0.3 is 6.18 Å². The molecular weight excluding hydrogens is 505 g/mol. The van der Waals surface area contributed by atoms with Crippen molar-refractivity contribution in [2.45, 2.75) is 24.0 Å². The summed E-state index contributed by atoms with van der Waals surface area (Å²) in [6.45, 7) is 0.908. The Morgan fingerprint density at radius 3 is 2.31 bits per heavy atom. The first-order valence-corrected chi connectivity index (χ1v) is 12.1. The molecule has 0 radical (unpaired) electrons. The number of sulfonamides is 1. The average molecular weight is 527 g/mol. The second-order valence-electron chi connectivity index (χ2n) is 7.52. The van der Waals surface area contributed by atoms with E-state index in [1.807, 2.05) is 0 Å². The van der Waals surface area contributed by atoms with Crippen molar-refractivity contribution in [3.05, 3.63) is 88.9 Å². The predicted molar refractivity (Wildman–Crippen MR) is 127 cm³/mol. The molecular formula is C24H22ClF3N2O4S. The number of anilines is 1. The molecule has 1 N–H and O–H groups in total. The van der Waals surface area contributed by atoms with Gasteiger partial charge in [0.25, 0.3) is 10.0 Å². The van der Waals surface area contributed by atoms with Gasteiger partial charge in [-0.3, -0.25) is 9.10 Å². The number of hydrogen-bond acceptors (Lipinski definition) is 4. The van der Waals surface area contributed by atoms with Crippen LogP contribution in [0.25, 0.3) is 0 Å². The Morgan fingerprint density at radius 1 is 1.06 bits per heavy atom. The van der Waals surface area contributed by atoms with Gasteiger partial charge in [-0.2, -0.15) is 13.2 Å². The predicted octanol–water partition coefficient (Wildman–Crippen LogP) is 5.44. The summed E-state index contributed by atoms with van der Waals surface area (Å²) < 4.78 is 73.1. The van der Waals surface area contributed by atoms with Crippen LogP contribution in [0.2, 0.25) is 5.02 Å². The van der Waals surface area contributed by atoms with E-state index in [1.54, 1.807) is 37.3 Å². The number of rotatable bonds is 8.